The summed E-state index contributed by atoms with van der Waals surface area (Å²) in [5, 5.41) is 18.5. The van der Waals surface area contributed by atoms with Crippen LogP contribution in [0.5, 0.6) is 0 Å². The van der Waals surface area contributed by atoms with Crippen molar-refractivity contribution in [3.63, 3.8) is 0 Å². The van der Waals surface area contributed by atoms with Crippen molar-refractivity contribution < 1.29 is 32.8 Å². The molecule has 0 aliphatic heterocycles. The second kappa shape index (κ2) is 7.82. The van der Waals surface area contributed by atoms with Crippen molar-refractivity contribution in [1.29, 1.82) is 0 Å². The van der Waals surface area contributed by atoms with Crippen molar-refractivity contribution in [2.75, 3.05) is 0 Å². The maximum absolute atomic E-state index is 10.8. The molecule has 3 N–H and O–H groups in total. The van der Waals surface area contributed by atoms with Crippen LogP contribution < -0.4 is 5.30 Å². The Kier molecular flexibility index (Phi) is 6.38. The zero-order chi connectivity index (χ0) is 17.6. The van der Waals surface area contributed by atoms with Gasteiger partial charge in [0.05, 0.1) is 16.0 Å². The van der Waals surface area contributed by atoms with E-state index in [1.54, 1.807) is 0 Å². The minimum absolute atomic E-state index is 0.535. The third-order valence-electron chi connectivity index (χ3n) is 2.50. The Balaban J connectivity index is 0.000000313. The monoisotopic (exact) mass is 356 g/mol. The molecule has 1 unspecified atom stereocenters. The lowest BCUT2D eigenvalue weighted by molar-refractivity contribution is 0.0696. The van der Waals surface area contributed by atoms with Gasteiger partial charge >= 0.3 is 11.9 Å². The van der Waals surface area contributed by atoms with Crippen molar-refractivity contribution in [3.8, 4) is 0 Å². The van der Waals surface area contributed by atoms with Crippen LogP contribution in [0.3, 0.4) is 0 Å². The van der Waals surface area contributed by atoms with Gasteiger partial charge in [-0.05, 0) is 23.5 Å². The van der Waals surface area contributed by atoms with E-state index < -0.39 is 38.1 Å². The molecule has 0 bridgehead atoms. The third-order valence-corrected chi connectivity index (χ3v) is 3.71. The molecule has 0 radical (unpaired) electrons. The Hall–Kier alpha value is -2.28. The molecule has 1 atom stereocenters. The fourth-order valence-corrected chi connectivity index (χ4v) is 2.22. The largest absolute Gasteiger partial charge is 0.478 e. The maximum atomic E-state index is 10.8. The van der Waals surface area contributed by atoms with E-state index in [0.717, 1.165) is 6.07 Å². The van der Waals surface area contributed by atoms with Crippen LogP contribution in [0.4, 0.5) is 0 Å². The highest BCUT2D eigenvalue weighted by Crippen LogP contribution is 2.15. The van der Waals surface area contributed by atoms with Crippen LogP contribution >= 0.6 is 9.24 Å². The first kappa shape index (κ1) is 18.8. The van der Waals surface area contributed by atoms with Gasteiger partial charge in [-0.25, -0.2) is 9.59 Å². The average molecular weight is 356 g/mol. The smallest absolute Gasteiger partial charge is 0.335 e. The molecule has 0 aliphatic carbocycles. The van der Waals surface area contributed by atoms with Crippen LogP contribution in [0.25, 0.3) is 0 Å². The summed E-state index contributed by atoms with van der Waals surface area (Å²) in [6, 6.07) is 12.3. The van der Waals surface area contributed by atoms with Crippen molar-refractivity contribution in [3.05, 3.63) is 59.7 Å². The van der Waals surface area contributed by atoms with Gasteiger partial charge in [0.1, 0.15) is 0 Å². The molecule has 0 aromatic heterocycles. The summed E-state index contributed by atoms with van der Waals surface area (Å²) in [6.45, 7) is 0. The van der Waals surface area contributed by atoms with Crippen molar-refractivity contribution >= 4 is 36.6 Å². The molecule has 9 heteroatoms. The summed E-state index contributed by atoms with van der Waals surface area (Å²) in [7, 11) is -2.01. The molecule has 0 saturated heterocycles. The SMILES string of the molecule is O=C(O)c1cc(C(=O)O)cc(S(=O)(=O)O)c1.Pc1ccccc1. The highest BCUT2D eigenvalue weighted by atomic mass is 32.2. The van der Waals surface area contributed by atoms with Crippen molar-refractivity contribution in [2.24, 2.45) is 0 Å². The minimum Gasteiger partial charge on any atom is -0.478 e. The molecule has 2 aromatic rings. The van der Waals surface area contributed by atoms with Gasteiger partial charge < -0.3 is 10.2 Å². The maximum Gasteiger partial charge on any atom is 0.335 e. The zero-order valence-corrected chi connectivity index (χ0v) is 13.6. The van der Waals surface area contributed by atoms with E-state index in [1.165, 1.54) is 5.30 Å². The molecule has 0 saturated carbocycles. The molecule has 2 rings (SSSR count). The van der Waals surface area contributed by atoms with Gasteiger partial charge in [0, 0.05) is 0 Å². The predicted molar refractivity (Wildman–Crippen MR) is 86.0 cm³/mol. The molecule has 0 fully saturated rings. The predicted octanol–water partition coefficient (Wildman–Crippen LogP) is 1.52. The van der Waals surface area contributed by atoms with Gasteiger partial charge in [-0.15, -0.1) is 9.24 Å². The minimum atomic E-state index is -4.64. The summed E-state index contributed by atoms with van der Waals surface area (Å²) in [4.78, 5) is 20.4. The summed E-state index contributed by atoms with van der Waals surface area (Å²) in [6.07, 6.45) is 0. The van der Waals surface area contributed by atoms with E-state index in [-0.39, 0.29) is 0 Å². The summed E-state index contributed by atoms with van der Waals surface area (Å²) < 4.78 is 30.2. The molecule has 0 aliphatic rings. The van der Waals surface area contributed by atoms with E-state index in [1.807, 2.05) is 30.3 Å². The third kappa shape index (κ3) is 6.15. The van der Waals surface area contributed by atoms with Gasteiger partial charge in [-0.2, -0.15) is 8.42 Å². The molecule has 23 heavy (non-hydrogen) atoms. The zero-order valence-electron chi connectivity index (χ0n) is 11.6. The highest BCUT2D eigenvalue weighted by molar-refractivity contribution is 7.85. The Morgan fingerprint density at radius 3 is 1.57 bits per heavy atom. The van der Waals surface area contributed by atoms with E-state index in [2.05, 4.69) is 9.24 Å². The summed E-state index contributed by atoms with van der Waals surface area (Å²) in [5.74, 6) is -2.99. The number of rotatable bonds is 3. The number of carbonyl (C=O) groups is 2. The van der Waals surface area contributed by atoms with Crippen LogP contribution in [0.15, 0.2) is 53.4 Å². The van der Waals surface area contributed by atoms with Crippen LogP contribution in [-0.2, 0) is 10.1 Å². The Labute approximate surface area is 134 Å². The molecular formula is C14H13O7PS. The Morgan fingerprint density at radius 2 is 1.30 bits per heavy atom. The van der Waals surface area contributed by atoms with E-state index >= 15 is 0 Å². The first-order chi connectivity index (χ1) is 10.6. The summed E-state index contributed by atoms with van der Waals surface area (Å²) in [5.41, 5.74) is -1.07. The van der Waals surface area contributed by atoms with Gasteiger partial charge in [-0.1, -0.05) is 30.3 Å². The molecule has 7 nitrogen and oxygen atoms in total. The second-order valence-corrected chi connectivity index (χ2v) is 6.33. The Bertz CT molecular complexity index is 784. The van der Waals surface area contributed by atoms with Crippen molar-refractivity contribution in [1.82, 2.24) is 0 Å². The first-order valence-electron chi connectivity index (χ1n) is 6.01. The van der Waals surface area contributed by atoms with E-state index in [0.29, 0.717) is 12.1 Å². The normalized spacial score (nSPS) is 10.3. The molecule has 2 aromatic carbocycles. The topological polar surface area (TPSA) is 129 Å². The second-order valence-electron chi connectivity index (χ2n) is 4.24. The number of hydrogen-bond acceptors (Lipinski definition) is 4. The quantitative estimate of drug-likeness (QED) is 0.561. The fourth-order valence-electron chi connectivity index (χ4n) is 1.45. The molecule has 0 heterocycles. The standard InChI is InChI=1S/C8H6O7S.C6H7P/c9-7(10)4-1-5(8(11)12)3-6(2-4)16(13,14)15;7-6-4-2-1-3-5-6/h1-3H,(H,9,10)(H,11,12)(H,13,14,15);1-5H,7H2. The highest BCUT2D eigenvalue weighted by Gasteiger charge is 2.17. The first-order valence-corrected chi connectivity index (χ1v) is 8.02. The number of carboxylic acids is 2. The number of benzene rings is 2. The average Bonchev–Trinajstić information content (AvgIpc) is 2.47. The molecule has 0 amide bonds. The van der Waals surface area contributed by atoms with Gasteiger partial charge in [-0.3, -0.25) is 4.55 Å². The fraction of sp³-hybridized carbons (Fsp3) is 0. The summed E-state index contributed by atoms with van der Waals surface area (Å²) >= 11 is 0. The molecule has 122 valence electrons. The van der Waals surface area contributed by atoms with Crippen LogP contribution in [-0.4, -0.2) is 35.1 Å². The molecular weight excluding hydrogens is 343 g/mol. The number of hydrogen-bond donors (Lipinski definition) is 3. The van der Waals surface area contributed by atoms with Crippen LogP contribution in [0.1, 0.15) is 20.7 Å². The Morgan fingerprint density at radius 1 is 0.870 bits per heavy atom. The number of aromatic carboxylic acids is 2. The van der Waals surface area contributed by atoms with E-state index in [4.69, 9.17) is 14.8 Å². The van der Waals surface area contributed by atoms with Gasteiger partial charge in [0.2, 0.25) is 0 Å². The number of carboxylic acid groups (broad SMARTS) is 2. The van der Waals surface area contributed by atoms with Crippen LogP contribution in [0, 0.1) is 0 Å². The van der Waals surface area contributed by atoms with Gasteiger partial charge in [0.25, 0.3) is 10.1 Å². The van der Waals surface area contributed by atoms with E-state index in [9.17, 15) is 18.0 Å². The lowest BCUT2D eigenvalue weighted by Gasteiger charge is -2.02. The van der Waals surface area contributed by atoms with Crippen LogP contribution in [0.2, 0.25) is 0 Å². The lowest BCUT2D eigenvalue weighted by atomic mass is 10.1. The van der Waals surface area contributed by atoms with Gasteiger partial charge in [0.15, 0.2) is 0 Å². The lowest BCUT2D eigenvalue weighted by Crippen LogP contribution is -2.07. The molecule has 0 spiro atoms. The van der Waals surface area contributed by atoms with Crippen molar-refractivity contribution in [2.45, 2.75) is 4.90 Å².